The number of aromatic amines is 1. The molecule has 1 unspecified atom stereocenters. The van der Waals surface area contributed by atoms with E-state index in [4.69, 9.17) is 0 Å². The van der Waals surface area contributed by atoms with Crippen LogP contribution >= 0.6 is 0 Å². The molecule has 0 saturated heterocycles. The highest BCUT2D eigenvalue weighted by atomic mass is 16.4. The van der Waals surface area contributed by atoms with Crippen molar-refractivity contribution in [3.05, 3.63) is 35.5 Å². The summed E-state index contributed by atoms with van der Waals surface area (Å²) in [5, 5.41) is 14.0. The fourth-order valence-corrected chi connectivity index (χ4v) is 4.00. The van der Waals surface area contributed by atoms with Gasteiger partial charge in [0.2, 0.25) is 0 Å². The highest BCUT2D eigenvalue weighted by Gasteiger charge is 2.45. The SMILES string of the molecule is O=C(O)C1Cc2c([nH]c3ccccc23)C2(CCCC2)N1. The largest absolute Gasteiger partial charge is 0.480 e. The number of rotatable bonds is 1. The third-order valence-corrected chi connectivity index (χ3v) is 4.91. The predicted octanol–water partition coefficient (Wildman–Crippen LogP) is 2.54. The van der Waals surface area contributed by atoms with E-state index in [2.05, 4.69) is 22.4 Å². The van der Waals surface area contributed by atoms with Gasteiger partial charge < -0.3 is 10.1 Å². The first-order chi connectivity index (χ1) is 9.70. The third-order valence-electron chi connectivity index (χ3n) is 4.91. The van der Waals surface area contributed by atoms with Gasteiger partial charge in [0.15, 0.2) is 0 Å². The van der Waals surface area contributed by atoms with Crippen LogP contribution in [0.4, 0.5) is 0 Å². The number of carboxylic acid groups (broad SMARTS) is 1. The Morgan fingerprint density at radius 1 is 1.25 bits per heavy atom. The minimum atomic E-state index is -0.743. The quantitative estimate of drug-likeness (QED) is 0.746. The van der Waals surface area contributed by atoms with Gasteiger partial charge >= 0.3 is 5.97 Å². The lowest BCUT2D eigenvalue weighted by Crippen LogP contribution is -2.54. The molecule has 1 fully saturated rings. The van der Waals surface area contributed by atoms with Crippen LogP contribution in [0, 0.1) is 0 Å². The number of H-pyrrole nitrogens is 1. The summed E-state index contributed by atoms with van der Waals surface area (Å²) in [4.78, 5) is 15.0. The van der Waals surface area contributed by atoms with E-state index in [1.165, 1.54) is 16.6 Å². The van der Waals surface area contributed by atoms with Crippen LogP contribution in [0.2, 0.25) is 0 Å². The summed E-state index contributed by atoms with van der Waals surface area (Å²) in [5.74, 6) is -0.743. The zero-order valence-corrected chi connectivity index (χ0v) is 11.3. The van der Waals surface area contributed by atoms with Crippen molar-refractivity contribution in [2.75, 3.05) is 0 Å². The molecule has 0 amide bonds. The number of carbonyl (C=O) groups is 1. The number of fused-ring (bicyclic) bond motifs is 4. The third kappa shape index (κ3) is 1.54. The zero-order valence-electron chi connectivity index (χ0n) is 11.3. The highest BCUT2D eigenvalue weighted by Crippen LogP contribution is 2.44. The number of hydrogen-bond donors (Lipinski definition) is 3. The molecular formula is C16H18N2O2. The highest BCUT2D eigenvalue weighted by molar-refractivity contribution is 5.87. The van der Waals surface area contributed by atoms with Gasteiger partial charge in [0.25, 0.3) is 0 Å². The molecule has 1 saturated carbocycles. The van der Waals surface area contributed by atoms with Crippen LogP contribution in [-0.2, 0) is 16.8 Å². The van der Waals surface area contributed by atoms with E-state index in [1.807, 2.05) is 12.1 Å². The van der Waals surface area contributed by atoms with Crippen LogP contribution in [0.15, 0.2) is 24.3 Å². The van der Waals surface area contributed by atoms with Gasteiger partial charge in [0, 0.05) is 23.0 Å². The minimum absolute atomic E-state index is 0.157. The monoisotopic (exact) mass is 270 g/mol. The molecule has 0 radical (unpaired) electrons. The van der Waals surface area contributed by atoms with Crippen molar-refractivity contribution in [2.24, 2.45) is 0 Å². The summed E-state index contributed by atoms with van der Waals surface area (Å²) in [6, 6.07) is 7.74. The maximum absolute atomic E-state index is 11.5. The van der Waals surface area contributed by atoms with Crippen molar-refractivity contribution in [3.8, 4) is 0 Å². The second kappa shape index (κ2) is 4.09. The first-order valence-corrected chi connectivity index (χ1v) is 7.30. The number of para-hydroxylation sites is 1. The smallest absolute Gasteiger partial charge is 0.321 e. The van der Waals surface area contributed by atoms with Gasteiger partial charge in [-0.05, 0) is 24.5 Å². The summed E-state index contributed by atoms with van der Waals surface area (Å²) in [6.07, 6.45) is 4.94. The normalized spacial score (nSPS) is 24.1. The number of aliphatic carboxylic acids is 1. The van der Waals surface area contributed by atoms with Gasteiger partial charge in [-0.3, -0.25) is 10.1 Å². The molecule has 3 N–H and O–H groups in total. The maximum atomic E-state index is 11.5. The molecule has 1 aliphatic heterocycles. The van der Waals surface area contributed by atoms with Crippen LogP contribution in [0.5, 0.6) is 0 Å². The Balaban J connectivity index is 1.94. The van der Waals surface area contributed by atoms with Gasteiger partial charge in [-0.1, -0.05) is 31.0 Å². The van der Waals surface area contributed by atoms with Gasteiger partial charge in [-0.2, -0.15) is 0 Å². The van der Waals surface area contributed by atoms with Crippen LogP contribution < -0.4 is 5.32 Å². The van der Waals surface area contributed by atoms with Gasteiger partial charge in [-0.25, -0.2) is 0 Å². The predicted molar refractivity (Wildman–Crippen MR) is 76.7 cm³/mol. The molecule has 20 heavy (non-hydrogen) atoms. The van der Waals surface area contributed by atoms with Gasteiger partial charge in [-0.15, -0.1) is 0 Å². The van der Waals surface area contributed by atoms with Crippen molar-refractivity contribution in [2.45, 2.75) is 43.7 Å². The van der Waals surface area contributed by atoms with Crippen molar-refractivity contribution >= 4 is 16.9 Å². The lowest BCUT2D eigenvalue weighted by Gasteiger charge is -2.38. The number of benzene rings is 1. The summed E-state index contributed by atoms with van der Waals surface area (Å²) in [6.45, 7) is 0. The number of carboxylic acids is 1. The van der Waals surface area contributed by atoms with Crippen LogP contribution in [0.25, 0.3) is 10.9 Å². The summed E-state index contributed by atoms with van der Waals surface area (Å²) < 4.78 is 0. The molecule has 1 aromatic carbocycles. The molecule has 1 aliphatic carbocycles. The van der Waals surface area contributed by atoms with Crippen molar-refractivity contribution in [1.82, 2.24) is 10.3 Å². The molecule has 104 valence electrons. The molecule has 1 spiro atoms. The molecule has 4 heteroatoms. The van der Waals surface area contributed by atoms with E-state index in [0.717, 1.165) is 31.2 Å². The lowest BCUT2D eigenvalue weighted by atomic mass is 9.82. The fraction of sp³-hybridized carbons (Fsp3) is 0.438. The van der Waals surface area contributed by atoms with Crippen LogP contribution in [0.3, 0.4) is 0 Å². The first-order valence-electron chi connectivity index (χ1n) is 7.30. The topological polar surface area (TPSA) is 65.1 Å². The second-order valence-corrected chi connectivity index (χ2v) is 6.05. The minimum Gasteiger partial charge on any atom is -0.480 e. The Morgan fingerprint density at radius 2 is 2.00 bits per heavy atom. The van der Waals surface area contributed by atoms with Crippen LogP contribution in [-0.4, -0.2) is 22.1 Å². The summed E-state index contributed by atoms with van der Waals surface area (Å²) >= 11 is 0. The van der Waals surface area contributed by atoms with Gasteiger partial charge in [0.05, 0.1) is 5.54 Å². The first kappa shape index (κ1) is 12.0. The standard InChI is InChI=1S/C16H18N2O2/c19-15(20)13-9-11-10-5-1-2-6-12(10)17-14(11)16(18-13)7-3-4-8-16/h1-2,5-6,13,17-18H,3-4,7-9H2,(H,19,20). The molecule has 1 atom stereocenters. The molecule has 1 aromatic heterocycles. The molecule has 4 nitrogen and oxygen atoms in total. The number of aromatic nitrogens is 1. The summed E-state index contributed by atoms with van der Waals surface area (Å²) in [5.41, 5.74) is 3.40. The number of hydrogen-bond acceptors (Lipinski definition) is 2. The van der Waals surface area contributed by atoms with Crippen molar-refractivity contribution in [1.29, 1.82) is 0 Å². The molecule has 2 aromatic rings. The van der Waals surface area contributed by atoms with Crippen molar-refractivity contribution in [3.63, 3.8) is 0 Å². The van der Waals surface area contributed by atoms with E-state index in [9.17, 15) is 9.90 Å². The average Bonchev–Trinajstić information content (AvgIpc) is 3.04. The molecule has 4 rings (SSSR count). The fourth-order valence-electron chi connectivity index (χ4n) is 4.00. The van der Waals surface area contributed by atoms with E-state index >= 15 is 0 Å². The Labute approximate surface area is 117 Å². The molecule has 2 heterocycles. The van der Waals surface area contributed by atoms with E-state index in [0.29, 0.717) is 6.42 Å². The second-order valence-electron chi connectivity index (χ2n) is 6.05. The molecule has 0 bridgehead atoms. The number of nitrogens with one attached hydrogen (secondary N) is 2. The Kier molecular flexibility index (Phi) is 2.45. The maximum Gasteiger partial charge on any atom is 0.321 e. The Morgan fingerprint density at radius 3 is 2.75 bits per heavy atom. The van der Waals surface area contributed by atoms with Crippen LogP contribution in [0.1, 0.15) is 36.9 Å². The Hall–Kier alpha value is -1.81. The van der Waals surface area contributed by atoms with E-state index in [1.54, 1.807) is 0 Å². The average molecular weight is 270 g/mol. The van der Waals surface area contributed by atoms with Crippen molar-refractivity contribution < 1.29 is 9.90 Å². The van der Waals surface area contributed by atoms with Gasteiger partial charge in [0.1, 0.15) is 6.04 Å². The Bertz CT molecular complexity index is 683. The molecular weight excluding hydrogens is 252 g/mol. The van der Waals surface area contributed by atoms with E-state index in [-0.39, 0.29) is 5.54 Å². The van der Waals surface area contributed by atoms with E-state index < -0.39 is 12.0 Å². The zero-order chi connectivity index (χ0) is 13.7. The lowest BCUT2D eigenvalue weighted by molar-refractivity contribution is -0.140. The summed E-state index contributed by atoms with van der Waals surface area (Å²) in [7, 11) is 0. The molecule has 2 aliphatic rings.